The van der Waals surface area contributed by atoms with E-state index in [0.29, 0.717) is 6.29 Å². The van der Waals surface area contributed by atoms with E-state index in [-0.39, 0.29) is 22.5 Å². The van der Waals surface area contributed by atoms with E-state index < -0.39 is 6.43 Å². The number of carbonyl (C=O) groups excluding carboxylic acids is 2. The number of aldehydes is 1. The summed E-state index contributed by atoms with van der Waals surface area (Å²) >= 11 is 0. The minimum Gasteiger partial charge on any atom is -0.298 e. The lowest BCUT2D eigenvalue weighted by Gasteiger charge is -2.04. The third-order valence-electron chi connectivity index (χ3n) is 1.86. The van der Waals surface area contributed by atoms with Crippen molar-refractivity contribution in [3.05, 3.63) is 34.9 Å². The van der Waals surface area contributed by atoms with Gasteiger partial charge < -0.3 is 0 Å². The van der Waals surface area contributed by atoms with Crippen molar-refractivity contribution < 1.29 is 18.4 Å². The highest BCUT2D eigenvalue weighted by Crippen LogP contribution is 2.22. The lowest BCUT2D eigenvalue weighted by Crippen LogP contribution is -1.98. The Morgan fingerprint density at radius 1 is 1.43 bits per heavy atom. The van der Waals surface area contributed by atoms with Gasteiger partial charge in [0.15, 0.2) is 12.1 Å². The molecule has 0 amide bonds. The van der Waals surface area contributed by atoms with E-state index in [2.05, 4.69) is 0 Å². The molecule has 0 fully saturated rings. The number of rotatable bonds is 3. The summed E-state index contributed by atoms with van der Waals surface area (Å²) in [5.41, 5.74) is -0.214. The maximum absolute atomic E-state index is 12.3. The first-order valence-corrected chi connectivity index (χ1v) is 3.94. The van der Waals surface area contributed by atoms with Crippen LogP contribution >= 0.6 is 0 Å². The SMILES string of the molecule is CC(=O)c1ccc(C(F)F)c(C=O)c1. The van der Waals surface area contributed by atoms with Crippen LogP contribution in [0, 0.1) is 0 Å². The maximum atomic E-state index is 12.3. The van der Waals surface area contributed by atoms with E-state index in [0.717, 1.165) is 6.07 Å². The second kappa shape index (κ2) is 4.09. The van der Waals surface area contributed by atoms with Crippen LogP contribution in [0.2, 0.25) is 0 Å². The smallest absolute Gasteiger partial charge is 0.264 e. The summed E-state index contributed by atoms with van der Waals surface area (Å²) in [6, 6.07) is 3.57. The molecule has 1 rings (SSSR count). The number of carbonyl (C=O) groups is 2. The molecule has 0 aliphatic heterocycles. The zero-order valence-corrected chi connectivity index (χ0v) is 7.46. The molecule has 0 saturated heterocycles. The molecular formula is C10H8F2O2. The van der Waals surface area contributed by atoms with Gasteiger partial charge in [0, 0.05) is 16.7 Å². The third-order valence-corrected chi connectivity index (χ3v) is 1.86. The van der Waals surface area contributed by atoms with Crippen molar-refractivity contribution in [2.75, 3.05) is 0 Å². The Balaban J connectivity index is 3.25. The van der Waals surface area contributed by atoms with Crippen LogP contribution in [-0.4, -0.2) is 12.1 Å². The second-order valence-electron chi connectivity index (χ2n) is 2.82. The number of hydrogen-bond acceptors (Lipinski definition) is 2. The molecule has 0 radical (unpaired) electrons. The number of ketones is 1. The second-order valence-corrected chi connectivity index (χ2v) is 2.82. The molecule has 0 atom stereocenters. The fourth-order valence-electron chi connectivity index (χ4n) is 1.09. The van der Waals surface area contributed by atoms with Crippen LogP contribution in [0.5, 0.6) is 0 Å². The fourth-order valence-corrected chi connectivity index (χ4v) is 1.09. The zero-order chi connectivity index (χ0) is 10.7. The predicted molar refractivity (Wildman–Crippen MR) is 46.8 cm³/mol. The summed E-state index contributed by atoms with van der Waals surface area (Å²) in [7, 11) is 0. The van der Waals surface area contributed by atoms with E-state index in [1.54, 1.807) is 0 Å². The van der Waals surface area contributed by atoms with Crippen molar-refractivity contribution in [1.82, 2.24) is 0 Å². The zero-order valence-electron chi connectivity index (χ0n) is 7.46. The third kappa shape index (κ3) is 2.02. The van der Waals surface area contributed by atoms with Gasteiger partial charge in [0.2, 0.25) is 0 Å². The van der Waals surface area contributed by atoms with Crippen molar-refractivity contribution in [3.8, 4) is 0 Å². The van der Waals surface area contributed by atoms with E-state index >= 15 is 0 Å². The lowest BCUT2D eigenvalue weighted by molar-refractivity contribution is 0.101. The van der Waals surface area contributed by atoms with Crippen molar-refractivity contribution >= 4 is 12.1 Å². The van der Waals surface area contributed by atoms with Gasteiger partial charge in [-0.2, -0.15) is 0 Å². The number of Topliss-reactive ketones (excluding diaryl/α,β-unsaturated/α-hetero) is 1. The van der Waals surface area contributed by atoms with Gasteiger partial charge >= 0.3 is 0 Å². The fraction of sp³-hybridized carbons (Fsp3) is 0.200. The van der Waals surface area contributed by atoms with Crippen molar-refractivity contribution in [3.63, 3.8) is 0 Å². The van der Waals surface area contributed by atoms with Crippen molar-refractivity contribution in [2.45, 2.75) is 13.3 Å². The average molecular weight is 198 g/mol. The number of hydrogen-bond donors (Lipinski definition) is 0. The van der Waals surface area contributed by atoms with Gasteiger partial charge in [-0.15, -0.1) is 0 Å². The monoisotopic (exact) mass is 198 g/mol. The Labute approximate surface area is 79.5 Å². The van der Waals surface area contributed by atoms with Crippen molar-refractivity contribution in [1.29, 1.82) is 0 Å². The van der Waals surface area contributed by atoms with Crippen LogP contribution < -0.4 is 0 Å². The lowest BCUT2D eigenvalue weighted by atomic mass is 10.0. The van der Waals surface area contributed by atoms with Crippen molar-refractivity contribution in [2.24, 2.45) is 0 Å². The standard InChI is InChI=1S/C10H8F2O2/c1-6(14)7-2-3-9(10(11)12)8(4-7)5-13/h2-5,10H,1H3. The highest BCUT2D eigenvalue weighted by atomic mass is 19.3. The minimum absolute atomic E-state index is 0.132. The molecule has 2 nitrogen and oxygen atoms in total. The van der Waals surface area contributed by atoms with Gasteiger partial charge in [0.05, 0.1) is 0 Å². The Hall–Kier alpha value is -1.58. The van der Waals surface area contributed by atoms with Gasteiger partial charge in [-0.05, 0) is 13.0 Å². The molecule has 1 aromatic carbocycles. The first kappa shape index (κ1) is 10.5. The summed E-state index contributed by atoms with van der Waals surface area (Å²) in [6.07, 6.45) is -2.37. The van der Waals surface area contributed by atoms with Crippen LogP contribution in [0.3, 0.4) is 0 Å². The Morgan fingerprint density at radius 3 is 2.50 bits per heavy atom. The van der Waals surface area contributed by atoms with Crippen LogP contribution in [0.25, 0.3) is 0 Å². The molecule has 0 spiro atoms. The van der Waals surface area contributed by atoms with E-state index in [1.165, 1.54) is 19.1 Å². The first-order valence-electron chi connectivity index (χ1n) is 3.94. The van der Waals surface area contributed by atoms with E-state index in [9.17, 15) is 18.4 Å². The molecule has 0 aromatic heterocycles. The summed E-state index contributed by atoms with van der Waals surface area (Å²) in [5.74, 6) is -0.256. The van der Waals surface area contributed by atoms with E-state index in [1.807, 2.05) is 0 Å². The van der Waals surface area contributed by atoms with Crippen LogP contribution in [0.1, 0.15) is 39.6 Å². The molecular weight excluding hydrogens is 190 g/mol. The minimum atomic E-state index is -2.70. The number of alkyl halides is 2. The molecule has 0 heterocycles. The Kier molecular flexibility index (Phi) is 3.06. The molecule has 0 aliphatic rings. The van der Waals surface area contributed by atoms with Crippen LogP contribution in [0.15, 0.2) is 18.2 Å². The van der Waals surface area contributed by atoms with Gasteiger partial charge in [-0.3, -0.25) is 9.59 Å². The molecule has 4 heteroatoms. The van der Waals surface area contributed by atoms with Gasteiger partial charge in [-0.1, -0.05) is 12.1 Å². The summed E-state index contributed by atoms with van der Waals surface area (Å²) in [6.45, 7) is 1.31. The molecule has 0 aliphatic carbocycles. The van der Waals surface area contributed by atoms with Gasteiger partial charge in [-0.25, -0.2) is 8.78 Å². The summed E-state index contributed by atoms with van der Waals surface area (Å²) in [4.78, 5) is 21.4. The number of benzene rings is 1. The Morgan fingerprint density at radius 2 is 2.07 bits per heavy atom. The number of halogens is 2. The molecule has 14 heavy (non-hydrogen) atoms. The highest BCUT2D eigenvalue weighted by molar-refractivity contribution is 5.96. The molecule has 0 bridgehead atoms. The first-order chi connectivity index (χ1) is 6.56. The van der Waals surface area contributed by atoms with Crippen LogP contribution in [-0.2, 0) is 0 Å². The summed E-state index contributed by atoms with van der Waals surface area (Å²) < 4.78 is 24.6. The van der Waals surface area contributed by atoms with Gasteiger partial charge in [0.25, 0.3) is 6.43 Å². The molecule has 0 saturated carbocycles. The quantitative estimate of drug-likeness (QED) is 0.552. The summed E-state index contributed by atoms with van der Waals surface area (Å²) in [5, 5.41) is 0. The average Bonchev–Trinajstić information content (AvgIpc) is 2.16. The maximum Gasteiger partial charge on any atom is 0.264 e. The molecule has 74 valence electrons. The largest absolute Gasteiger partial charge is 0.298 e. The highest BCUT2D eigenvalue weighted by Gasteiger charge is 2.13. The van der Waals surface area contributed by atoms with Gasteiger partial charge in [0.1, 0.15) is 0 Å². The molecule has 1 aromatic rings. The van der Waals surface area contributed by atoms with Crippen LogP contribution in [0.4, 0.5) is 8.78 Å². The normalized spacial score (nSPS) is 10.3. The molecule has 0 N–H and O–H groups in total. The Bertz CT molecular complexity index is 372. The topological polar surface area (TPSA) is 34.1 Å². The van der Waals surface area contributed by atoms with E-state index in [4.69, 9.17) is 0 Å². The predicted octanol–water partition coefficient (Wildman–Crippen LogP) is 2.64. The molecule has 0 unspecified atom stereocenters.